The van der Waals surface area contributed by atoms with Crippen LogP contribution in [0.15, 0.2) is 6.20 Å². The summed E-state index contributed by atoms with van der Waals surface area (Å²) in [6, 6.07) is 0. The molecule has 2 N–H and O–H groups in total. The van der Waals surface area contributed by atoms with Crippen molar-refractivity contribution in [3.8, 4) is 0 Å². The van der Waals surface area contributed by atoms with Gasteiger partial charge in [-0.2, -0.15) is 0 Å². The molecule has 0 spiro atoms. The molecule has 0 radical (unpaired) electrons. The van der Waals surface area contributed by atoms with Crippen LogP contribution in [-0.4, -0.2) is 23.1 Å². The van der Waals surface area contributed by atoms with E-state index in [0.717, 1.165) is 11.7 Å². The Balaban J connectivity index is 1.89. The molecular formula is C10H17N3. The van der Waals surface area contributed by atoms with Crippen molar-refractivity contribution in [2.75, 3.05) is 13.1 Å². The average molecular weight is 179 g/mol. The molecule has 1 aromatic rings. The third-order valence-electron chi connectivity index (χ3n) is 2.72. The van der Waals surface area contributed by atoms with E-state index in [0.29, 0.717) is 0 Å². The lowest BCUT2D eigenvalue weighted by Crippen LogP contribution is -2.28. The maximum atomic E-state index is 4.21. The fraction of sp³-hybridized carbons (Fsp3) is 0.700. The van der Waals surface area contributed by atoms with Crippen LogP contribution in [0.25, 0.3) is 0 Å². The first-order valence-corrected chi connectivity index (χ1v) is 5.06. The number of nitrogens with zero attached hydrogens (tertiary/aromatic N) is 1. The molecule has 0 atom stereocenters. The van der Waals surface area contributed by atoms with Crippen molar-refractivity contribution in [2.45, 2.75) is 26.2 Å². The highest BCUT2D eigenvalue weighted by Crippen LogP contribution is 2.16. The van der Waals surface area contributed by atoms with Gasteiger partial charge in [-0.3, -0.25) is 0 Å². The van der Waals surface area contributed by atoms with Crippen molar-refractivity contribution in [1.82, 2.24) is 15.3 Å². The van der Waals surface area contributed by atoms with E-state index in [2.05, 4.69) is 15.3 Å². The minimum atomic E-state index is 0.848. The smallest absolute Gasteiger partial charge is 0.103 e. The summed E-state index contributed by atoms with van der Waals surface area (Å²) in [5.74, 6) is 1.88. The molecule has 0 amide bonds. The first kappa shape index (κ1) is 8.75. The zero-order valence-corrected chi connectivity index (χ0v) is 8.14. The van der Waals surface area contributed by atoms with E-state index in [1.165, 1.54) is 38.0 Å². The topological polar surface area (TPSA) is 40.7 Å². The SMILES string of the molecule is Cc1ncc(CC2CCNCC2)[nH]1. The molecule has 1 aliphatic heterocycles. The van der Waals surface area contributed by atoms with E-state index in [9.17, 15) is 0 Å². The molecule has 1 saturated heterocycles. The van der Waals surface area contributed by atoms with Gasteiger partial charge in [0.1, 0.15) is 5.82 Å². The van der Waals surface area contributed by atoms with Crippen LogP contribution in [0.3, 0.4) is 0 Å². The summed E-state index contributed by atoms with van der Waals surface area (Å²) in [6.07, 6.45) is 5.75. The standard InChI is InChI=1S/C10H17N3/c1-8-12-7-10(13-8)6-9-2-4-11-5-3-9/h7,9,11H,2-6H2,1H3,(H,12,13). The maximum absolute atomic E-state index is 4.21. The van der Waals surface area contributed by atoms with Gasteiger partial charge >= 0.3 is 0 Å². The van der Waals surface area contributed by atoms with Gasteiger partial charge in [-0.1, -0.05) is 0 Å². The van der Waals surface area contributed by atoms with Crippen molar-refractivity contribution in [3.05, 3.63) is 17.7 Å². The third kappa shape index (κ3) is 2.31. The highest BCUT2D eigenvalue weighted by molar-refractivity contribution is 5.01. The van der Waals surface area contributed by atoms with Gasteiger partial charge in [-0.25, -0.2) is 4.98 Å². The number of aromatic nitrogens is 2. The van der Waals surface area contributed by atoms with Crippen LogP contribution in [0.2, 0.25) is 0 Å². The highest BCUT2D eigenvalue weighted by Gasteiger charge is 2.13. The van der Waals surface area contributed by atoms with Crippen molar-refractivity contribution in [2.24, 2.45) is 5.92 Å². The van der Waals surface area contributed by atoms with E-state index in [4.69, 9.17) is 0 Å². The summed E-state index contributed by atoms with van der Waals surface area (Å²) in [5.41, 5.74) is 1.30. The molecule has 2 rings (SSSR count). The van der Waals surface area contributed by atoms with E-state index in [1.807, 2.05) is 13.1 Å². The molecule has 3 heteroatoms. The number of piperidine rings is 1. The number of hydrogen-bond acceptors (Lipinski definition) is 2. The van der Waals surface area contributed by atoms with Crippen molar-refractivity contribution in [3.63, 3.8) is 0 Å². The van der Waals surface area contributed by atoms with Crippen molar-refractivity contribution in [1.29, 1.82) is 0 Å². The van der Waals surface area contributed by atoms with Gasteiger partial charge in [0.25, 0.3) is 0 Å². The first-order valence-electron chi connectivity index (χ1n) is 5.06. The van der Waals surface area contributed by atoms with Crippen LogP contribution in [0.4, 0.5) is 0 Å². The molecule has 0 unspecified atom stereocenters. The number of nitrogens with one attached hydrogen (secondary N) is 2. The van der Waals surface area contributed by atoms with Crippen LogP contribution in [0, 0.1) is 12.8 Å². The minimum Gasteiger partial charge on any atom is -0.346 e. The minimum absolute atomic E-state index is 0.848. The fourth-order valence-electron chi connectivity index (χ4n) is 1.97. The molecule has 0 saturated carbocycles. The normalized spacial score (nSPS) is 19.2. The molecule has 1 fully saturated rings. The molecule has 3 nitrogen and oxygen atoms in total. The average Bonchev–Trinajstić information content (AvgIpc) is 2.53. The Hall–Kier alpha value is -0.830. The van der Waals surface area contributed by atoms with E-state index in [1.54, 1.807) is 0 Å². The van der Waals surface area contributed by atoms with Gasteiger partial charge in [-0.05, 0) is 45.2 Å². The van der Waals surface area contributed by atoms with E-state index < -0.39 is 0 Å². The predicted octanol–water partition coefficient (Wildman–Crippen LogP) is 1.26. The lowest BCUT2D eigenvalue weighted by molar-refractivity contribution is 0.370. The second kappa shape index (κ2) is 3.92. The van der Waals surface area contributed by atoms with Gasteiger partial charge < -0.3 is 10.3 Å². The molecule has 0 aliphatic carbocycles. The summed E-state index contributed by atoms with van der Waals surface area (Å²) in [7, 11) is 0. The molecule has 0 aromatic carbocycles. The number of H-pyrrole nitrogens is 1. The summed E-state index contributed by atoms with van der Waals surface area (Å²) in [4.78, 5) is 7.50. The first-order chi connectivity index (χ1) is 6.34. The summed E-state index contributed by atoms with van der Waals surface area (Å²) in [5, 5.41) is 3.38. The van der Waals surface area contributed by atoms with Crippen molar-refractivity contribution < 1.29 is 0 Å². The number of hydrogen-bond donors (Lipinski definition) is 2. The lowest BCUT2D eigenvalue weighted by atomic mass is 9.93. The van der Waals surface area contributed by atoms with Crippen LogP contribution in [-0.2, 0) is 6.42 Å². The van der Waals surface area contributed by atoms with Gasteiger partial charge in [0.05, 0.1) is 0 Å². The molecule has 1 aromatic heterocycles. The van der Waals surface area contributed by atoms with Gasteiger partial charge in [-0.15, -0.1) is 0 Å². The quantitative estimate of drug-likeness (QED) is 0.717. The zero-order chi connectivity index (χ0) is 9.10. The Kier molecular flexibility index (Phi) is 2.64. The Bertz CT molecular complexity index is 261. The van der Waals surface area contributed by atoms with Crippen LogP contribution in [0.5, 0.6) is 0 Å². The van der Waals surface area contributed by atoms with Crippen LogP contribution < -0.4 is 5.32 Å². The molecule has 72 valence electrons. The molecule has 1 aliphatic rings. The third-order valence-corrected chi connectivity index (χ3v) is 2.72. The van der Waals surface area contributed by atoms with Crippen molar-refractivity contribution >= 4 is 0 Å². The largest absolute Gasteiger partial charge is 0.346 e. The maximum Gasteiger partial charge on any atom is 0.103 e. The van der Waals surface area contributed by atoms with E-state index >= 15 is 0 Å². The lowest BCUT2D eigenvalue weighted by Gasteiger charge is -2.21. The molecular weight excluding hydrogens is 162 g/mol. The Morgan fingerprint density at radius 1 is 1.46 bits per heavy atom. The Morgan fingerprint density at radius 3 is 2.85 bits per heavy atom. The number of imidazole rings is 1. The fourth-order valence-corrected chi connectivity index (χ4v) is 1.97. The number of aromatic amines is 1. The van der Waals surface area contributed by atoms with E-state index in [-0.39, 0.29) is 0 Å². The number of aryl methyl sites for hydroxylation is 1. The second-order valence-electron chi connectivity index (χ2n) is 3.89. The summed E-state index contributed by atoms with van der Waals surface area (Å²) in [6.45, 7) is 4.36. The predicted molar refractivity (Wildman–Crippen MR) is 52.6 cm³/mol. The van der Waals surface area contributed by atoms with Gasteiger partial charge in [0.2, 0.25) is 0 Å². The zero-order valence-electron chi connectivity index (χ0n) is 8.14. The molecule has 0 bridgehead atoms. The summed E-state index contributed by atoms with van der Waals surface area (Å²) >= 11 is 0. The summed E-state index contributed by atoms with van der Waals surface area (Å²) < 4.78 is 0. The number of rotatable bonds is 2. The van der Waals surface area contributed by atoms with Gasteiger partial charge in [0, 0.05) is 11.9 Å². The van der Waals surface area contributed by atoms with Crippen LogP contribution >= 0.6 is 0 Å². The molecule has 2 heterocycles. The second-order valence-corrected chi connectivity index (χ2v) is 3.89. The van der Waals surface area contributed by atoms with Crippen LogP contribution in [0.1, 0.15) is 24.4 Å². The molecule has 13 heavy (non-hydrogen) atoms. The highest BCUT2D eigenvalue weighted by atomic mass is 14.9. The Labute approximate surface area is 79.0 Å². The Morgan fingerprint density at radius 2 is 2.23 bits per heavy atom. The monoisotopic (exact) mass is 179 g/mol. The van der Waals surface area contributed by atoms with Gasteiger partial charge in [0.15, 0.2) is 0 Å².